The van der Waals surface area contributed by atoms with Crippen LogP contribution in [0.5, 0.6) is 0 Å². The highest BCUT2D eigenvalue weighted by molar-refractivity contribution is 7.07. The molecule has 0 spiro atoms. The van der Waals surface area contributed by atoms with Crippen LogP contribution in [0.2, 0.25) is 0 Å². The van der Waals surface area contributed by atoms with Crippen LogP contribution in [-0.2, 0) is 0 Å². The first kappa shape index (κ1) is 6.56. The van der Waals surface area contributed by atoms with Crippen LogP contribution < -0.4 is 9.06 Å². The number of hydrogen-bond donors (Lipinski definition) is 0. The Morgan fingerprint density at radius 3 is 1.78 bits per heavy atom. The highest BCUT2D eigenvalue weighted by Crippen LogP contribution is 1.77. The van der Waals surface area contributed by atoms with Gasteiger partial charge in [0.1, 0.15) is 0 Å². The largest absolute Gasteiger partial charge is 0.137 e. The normalized spacial score (nSPS) is 14.9. The van der Waals surface area contributed by atoms with E-state index in [0.717, 1.165) is 0 Å². The van der Waals surface area contributed by atoms with Crippen molar-refractivity contribution in [3.05, 3.63) is 21.2 Å². The molecule has 0 aliphatic heterocycles. The van der Waals surface area contributed by atoms with Gasteiger partial charge in [0.05, 0.1) is 0 Å². The van der Waals surface area contributed by atoms with Crippen LogP contribution in [0.3, 0.4) is 0 Å². The molecule has 0 aliphatic carbocycles. The summed E-state index contributed by atoms with van der Waals surface area (Å²) in [5.74, 6) is 0. The maximum Gasteiger partial charge on any atom is 0.0233 e. The Balaban J connectivity index is 3.33. The number of thiophene rings is 1. The van der Waals surface area contributed by atoms with Crippen molar-refractivity contribution < 1.29 is 0 Å². The molecule has 0 aromatic carbocycles. The Hall–Kier alpha value is -0.560. The molecular formula is C8H10S. The summed E-state index contributed by atoms with van der Waals surface area (Å²) in [6, 6.07) is 4.28. The van der Waals surface area contributed by atoms with Crippen molar-refractivity contribution in [2.45, 2.75) is 13.8 Å². The van der Waals surface area contributed by atoms with E-state index in [2.05, 4.69) is 38.1 Å². The molecule has 9 heavy (non-hydrogen) atoms. The molecule has 0 amide bonds. The van der Waals surface area contributed by atoms with Crippen LogP contribution in [0.15, 0.2) is 12.1 Å². The summed E-state index contributed by atoms with van der Waals surface area (Å²) in [5.41, 5.74) is 0. The van der Waals surface area contributed by atoms with Gasteiger partial charge in [-0.1, -0.05) is 12.2 Å². The summed E-state index contributed by atoms with van der Waals surface area (Å²) in [7, 11) is 0. The van der Waals surface area contributed by atoms with E-state index in [-0.39, 0.29) is 0 Å². The summed E-state index contributed by atoms with van der Waals surface area (Å²) in [5, 5.41) is 0. The van der Waals surface area contributed by atoms with Gasteiger partial charge in [0, 0.05) is 9.06 Å². The Labute approximate surface area is 59.2 Å². The third-order valence-corrected chi connectivity index (χ3v) is 2.43. The lowest BCUT2D eigenvalue weighted by Gasteiger charge is -1.65. The molecule has 1 heterocycles. The molecular weight excluding hydrogens is 128 g/mol. The predicted octanol–water partition coefficient (Wildman–Crippen LogP) is 1.35. The summed E-state index contributed by atoms with van der Waals surface area (Å²) < 4.78 is 2.70. The lowest BCUT2D eigenvalue weighted by molar-refractivity contribution is 1.79. The van der Waals surface area contributed by atoms with Crippen molar-refractivity contribution >= 4 is 23.5 Å². The minimum absolute atomic E-state index is 1.35. The average Bonchev–Trinajstić information content (AvgIpc) is 2.34. The van der Waals surface area contributed by atoms with E-state index in [4.69, 9.17) is 0 Å². The quantitative estimate of drug-likeness (QED) is 0.507. The van der Waals surface area contributed by atoms with Crippen molar-refractivity contribution in [3.8, 4) is 0 Å². The zero-order valence-corrected chi connectivity index (χ0v) is 6.53. The van der Waals surface area contributed by atoms with Gasteiger partial charge >= 0.3 is 0 Å². The highest BCUT2D eigenvalue weighted by Gasteiger charge is 1.78. The lowest BCUT2D eigenvalue weighted by atomic mass is 10.5. The molecule has 1 rings (SSSR count). The molecule has 1 heteroatoms. The molecule has 0 atom stereocenters. The van der Waals surface area contributed by atoms with E-state index in [9.17, 15) is 0 Å². The van der Waals surface area contributed by atoms with Gasteiger partial charge in [-0.15, -0.1) is 11.3 Å². The van der Waals surface area contributed by atoms with E-state index in [1.165, 1.54) is 9.06 Å². The zero-order chi connectivity index (χ0) is 6.69. The fourth-order valence-electron chi connectivity index (χ4n) is 0.679. The second-order valence-corrected chi connectivity index (χ2v) is 2.96. The highest BCUT2D eigenvalue weighted by atomic mass is 32.1. The second kappa shape index (κ2) is 2.83. The summed E-state index contributed by atoms with van der Waals surface area (Å²) in [4.78, 5) is 0. The first-order chi connectivity index (χ1) is 4.36. The molecule has 0 unspecified atom stereocenters. The van der Waals surface area contributed by atoms with E-state index in [1.807, 2.05) is 11.3 Å². The van der Waals surface area contributed by atoms with Gasteiger partial charge in [-0.05, 0) is 26.0 Å². The summed E-state index contributed by atoms with van der Waals surface area (Å²) >= 11 is 1.82. The fraction of sp³-hybridized carbons (Fsp3) is 0.250. The third-order valence-electron chi connectivity index (χ3n) is 1.22. The van der Waals surface area contributed by atoms with Crippen LogP contribution in [0, 0.1) is 0 Å². The van der Waals surface area contributed by atoms with Crippen LogP contribution in [0.4, 0.5) is 0 Å². The molecule has 0 radical (unpaired) electrons. The van der Waals surface area contributed by atoms with Crippen LogP contribution in [-0.4, -0.2) is 0 Å². The maximum atomic E-state index is 2.14. The smallest absolute Gasteiger partial charge is 0.0233 e. The van der Waals surface area contributed by atoms with Crippen molar-refractivity contribution in [3.63, 3.8) is 0 Å². The van der Waals surface area contributed by atoms with Gasteiger partial charge in [-0.25, -0.2) is 0 Å². The van der Waals surface area contributed by atoms with Gasteiger partial charge in [0.15, 0.2) is 0 Å². The first-order valence-corrected chi connectivity index (χ1v) is 3.87. The van der Waals surface area contributed by atoms with Crippen molar-refractivity contribution in [2.24, 2.45) is 0 Å². The van der Waals surface area contributed by atoms with Gasteiger partial charge in [-0.3, -0.25) is 0 Å². The van der Waals surface area contributed by atoms with Crippen molar-refractivity contribution in [2.75, 3.05) is 0 Å². The van der Waals surface area contributed by atoms with Crippen LogP contribution in [0.1, 0.15) is 13.8 Å². The monoisotopic (exact) mass is 138 g/mol. The van der Waals surface area contributed by atoms with Gasteiger partial charge in [0.2, 0.25) is 0 Å². The topological polar surface area (TPSA) is 0 Å². The molecule has 0 saturated carbocycles. The first-order valence-electron chi connectivity index (χ1n) is 3.05. The molecule has 0 N–H and O–H groups in total. The van der Waals surface area contributed by atoms with Crippen LogP contribution in [0.25, 0.3) is 12.2 Å². The van der Waals surface area contributed by atoms with Crippen molar-refractivity contribution in [1.29, 1.82) is 0 Å². The summed E-state index contributed by atoms with van der Waals surface area (Å²) in [6.45, 7) is 4.12. The van der Waals surface area contributed by atoms with Crippen LogP contribution >= 0.6 is 11.3 Å². The zero-order valence-electron chi connectivity index (χ0n) is 5.72. The Morgan fingerprint density at radius 1 is 1.11 bits per heavy atom. The Morgan fingerprint density at radius 2 is 1.56 bits per heavy atom. The molecule has 1 aromatic rings. The Kier molecular flexibility index (Phi) is 2.06. The van der Waals surface area contributed by atoms with E-state index in [1.54, 1.807) is 0 Å². The molecule has 48 valence electrons. The SMILES string of the molecule is CC=c1ccc(=CC)s1. The molecule has 0 bridgehead atoms. The van der Waals surface area contributed by atoms with E-state index >= 15 is 0 Å². The van der Waals surface area contributed by atoms with E-state index < -0.39 is 0 Å². The summed E-state index contributed by atoms with van der Waals surface area (Å²) in [6.07, 6.45) is 4.25. The lowest BCUT2D eigenvalue weighted by Crippen LogP contribution is -1.88. The minimum Gasteiger partial charge on any atom is -0.137 e. The van der Waals surface area contributed by atoms with Crippen molar-refractivity contribution in [1.82, 2.24) is 0 Å². The molecule has 0 nitrogen and oxygen atoms in total. The molecule has 0 fully saturated rings. The predicted molar refractivity (Wildman–Crippen MR) is 43.8 cm³/mol. The third kappa shape index (κ3) is 1.42. The fourth-order valence-corrected chi connectivity index (χ4v) is 1.46. The van der Waals surface area contributed by atoms with E-state index in [0.29, 0.717) is 0 Å². The number of rotatable bonds is 0. The van der Waals surface area contributed by atoms with Gasteiger partial charge < -0.3 is 0 Å². The molecule has 1 aromatic heterocycles. The molecule has 0 saturated heterocycles. The van der Waals surface area contributed by atoms with Gasteiger partial charge in [0.25, 0.3) is 0 Å². The second-order valence-electron chi connectivity index (χ2n) is 1.82. The minimum atomic E-state index is 1.35. The average molecular weight is 138 g/mol. The maximum absolute atomic E-state index is 2.14. The standard InChI is InChI=1S/C8H10S/c1-3-7-5-6-8(4-2)9-7/h3-6H,1-2H3. The van der Waals surface area contributed by atoms with Gasteiger partial charge in [-0.2, -0.15) is 0 Å². The molecule has 0 aliphatic rings. The Bertz CT molecular complexity index is 251. The number of hydrogen-bond acceptors (Lipinski definition) is 1.